The van der Waals surface area contributed by atoms with Crippen LogP contribution in [0.4, 0.5) is 5.82 Å². The second-order valence-corrected chi connectivity index (χ2v) is 3.43. The summed E-state index contributed by atoms with van der Waals surface area (Å²) in [6.45, 7) is 0. The zero-order chi connectivity index (χ0) is 11.0. The van der Waals surface area contributed by atoms with Gasteiger partial charge in [-0.3, -0.25) is 4.98 Å². The van der Waals surface area contributed by atoms with Crippen LogP contribution in [0.15, 0.2) is 36.9 Å². The van der Waals surface area contributed by atoms with Gasteiger partial charge in [-0.1, -0.05) is 0 Å². The lowest BCUT2D eigenvalue weighted by molar-refractivity contribution is 1.22. The number of nitrogens with two attached hydrogens (primary N) is 1. The SMILES string of the molecule is Nc1cnc(-c2c[nH]c3ncccc23)cn1. The number of aromatic amines is 1. The molecule has 3 aromatic rings. The minimum Gasteiger partial charge on any atom is -0.382 e. The van der Waals surface area contributed by atoms with E-state index in [1.807, 2.05) is 18.3 Å². The van der Waals surface area contributed by atoms with E-state index in [4.69, 9.17) is 5.73 Å². The normalized spacial score (nSPS) is 10.8. The van der Waals surface area contributed by atoms with E-state index in [2.05, 4.69) is 19.9 Å². The number of pyridine rings is 1. The van der Waals surface area contributed by atoms with E-state index < -0.39 is 0 Å². The molecule has 0 fully saturated rings. The first kappa shape index (κ1) is 8.84. The van der Waals surface area contributed by atoms with E-state index in [9.17, 15) is 0 Å². The molecule has 3 rings (SSSR count). The van der Waals surface area contributed by atoms with Gasteiger partial charge >= 0.3 is 0 Å². The molecule has 0 aliphatic heterocycles. The van der Waals surface area contributed by atoms with Crippen LogP contribution in [0.2, 0.25) is 0 Å². The van der Waals surface area contributed by atoms with Gasteiger partial charge in [-0.15, -0.1) is 0 Å². The standard InChI is InChI=1S/C11H9N5/c12-10-6-14-9(5-15-10)8-4-16-11-7(8)2-1-3-13-11/h1-6H,(H2,12,15)(H,13,16). The second kappa shape index (κ2) is 3.30. The Balaban J connectivity index is 2.22. The molecule has 16 heavy (non-hydrogen) atoms. The average Bonchev–Trinajstić information content (AvgIpc) is 2.74. The van der Waals surface area contributed by atoms with E-state index in [1.54, 1.807) is 18.6 Å². The maximum absolute atomic E-state index is 5.50. The number of rotatable bonds is 1. The molecule has 0 aliphatic rings. The van der Waals surface area contributed by atoms with Gasteiger partial charge in [0, 0.05) is 23.3 Å². The third-order valence-corrected chi connectivity index (χ3v) is 2.40. The monoisotopic (exact) mass is 211 g/mol. The Morgan fingerprint density at radius 1 is 1.12 bits per heavy atom. The molecular weight excluding hydrogens is 202 g/mol. The molecule has 3 aromatic heterocycles. The van der Waals surface area contributed by atoms with Crippen LogP contribution in [0.5, 0.6) is 0 Å². The van der Waals surface area contributed by atoms with E-state index >= 15 is 0 Å². The van der Waals surface area contributed by atoms with Crippen molar-refractivity contribution in [1.82, 2.24) is 19.9 Å². The molecule has 78 valence electrons. The number of aromatic nitrogens is 4. The highest BCUT2D eigenvalue weighted by molar-refractivity contribution is 5.92. The number of nitrogens with zero attached hydrogens (tertiary/aromatic N) is 3. The smallest absolute Gasteiger partial charge is 0.141 e. The van der Waals surface area contributed by atoms with E-state index in [0.717, 1.165) is 22.3 Å². The maximum Gasteiger partial charge on any atom is 0.141 e. The molecule has 0 unspecified atom stereocenters. The van der Waals surface area contributed by atoms with Crippen molar-refractivity contribution in [1.29, 1.82) is 0 Å². The number of hydrogen-bond acceptors (Lipinski definition) is 4. The maximum atomic E-state index is 5.50. The van der Waals surface area contributed by atoms with Gasteiger partial charge in [-0.05, 0) is 12.1 Å². The predicted octanol–water partition coefficient (Wildman–Crippen LogP) is 1.60. The van der Waals surface area contributed by atoms with E-state index in [-0.39, 0.29) is 0 Å². The Morgan fingerprint density at radius 2 is 2.06 bits per heavy atom. The largest absolute Gasteiger partial charge is 0.382 e. The summed E-state index contributed by atoms with van der Waals surface area (Å²) < 4.78 is 0. The van der Waals surface area contributed by atoms with Crippen molar-refractivity contribution in [2.45, 2.75) is 0 Å². The van der Waals surface area contributed by atoms with Crippen LogP contribution < -0.4 is 5.73 Å². The van der Waals surface area contributed by atoms with E-state index in [1.165, 1.54) is 0 Å². The first-order chi connectivity index (χ1) is 7.84. The molecule has 0 atom stereocenters. The number of anilines is 1. The minimum absolute atomic E-state index is 0.418. The molecule has 0 spiro atoms. The van der Waals surface area contributed by atoms with E-state index in [0.29, 0.717) is 5.82 Å². The molecule has 0 aliphatic carbocycles. The number of H-pyrrole nitrogens is 1. The van der Waals surface area contributed by atoms with Crippen LogP contribution in [0.3, 0.4) is 0 Å². The lowest BCUT2D eigenvalue weighted by atomic mass is 10.2. The van der Waals surface area contributed by atoms with Gasteiger partial charge in [-0.25, -0.2) is 9.97 Å². The highest BCUT2D eigenvalue weighted by Crippen LogP contribution is 2.25. The van der Waals surface area contributed by atoms with Gasteiger partial charge < -0.3 is 10.7 Å². The molecule has 0 amide bonds. The van der Waals surface area contributed by atoms with Crippen LogP contribution in [-0.4, -0.2) is 19.9 Å². The Bertz CT molecular complexity index is 626. The predicted molar refractivity (Wildman–Crippen MR) is 61.5 cm³/mol. The molecular formula is C11H9N5. The Kier molecular flexibility index (Phi) is 1.83. The summed E-state index contributed by atoms with van der Waals surface area (Å²) in [6, 6.07) is 3.89. The van der Waals surface area contributed by atoms with Crippen molar-refractivity contribution in [3.8, 4) is 11.3 Å². The molecule has 0 saturated carbocycles. The molecule has 0 bridgehead atoms. The molecule has 5 heteroatoms. The van der Waals surface area contributed by atoms with Crippen LogP contribution >= 0.6 is 0 Å². The summed E-state index contributed by atoms with van der Waals surface area (Å²) in [5, 5.41) is 1.03. The molecule has 0 saturated heterocycles. The number of fused-ring (bicyclic) bond motifs is 1. The molecule has 3 heterocycles. The average molecular weight is 211 g/mol. The lowest BCUT2D eigenvalue weighted by Gasteiger charge is -1.97. The van der Waals surface area contributed by atoms with Gasteiger partial charge in [0.05, 0.1) is 18.1 Å². The fraction of sp³-hybridized carbons (Fsp3) is 0. The summed E-state index contributed by atoms with van der Waals surface area (Å²) in [7, 11) is 0. The number of hydrogen-bond donors (Lipinski definition) is 2. The highest BCUT2D eigenvalue weighted by Gasteiger charge is 2.07. The van der Waals surface area contributed by atoms with Crippen molar-refractivity contribution in [2.75, 3.05) is 5.73 Å². The Labute approximate surface area is 91.4 Å². The molecule has 3 N–H and O–H groups in total. The second-order valence-electron chi connectivity index (χ2n) is 3.43. The fourth-order valence-electron chi connectivity index (χ4n) is 1.64. The van der Waals surface area contributed by atoms with Crippen molar-refractivity contribution >= 4 is 16.9 Å². The number of nitrogens with one attached hydrogen (secondary N) is 1. The fourth-order valence-corrected chi connectivity index (χ4v) is 1.64. The summed E-state index contributed by atoms with van der Waals surface area (Å²) in [6.07, 6.45) is 6.82. The first-order valence-electron chi connectivity index (χ1n) is 4.84. The van der Waals surface area contributed by atoms with Crippen molar-refractivity contribution < 1.29 is 0 Å². The summed E-state index contributed by atoms with van der Waals surface area (Å²) in [5.41, 5.74) is 8.11. The minimum atomic E-state index is 0.418. The van der Waals surface area contributed by atoms with Gasteiger partial charge in [0.2, 0.25) is 0 Å². The zero-order valence-corrected chi connectivity index (χ0v) is 8.38. The molecule has 0 aromatic carbocycles. The van der Waals surface area contributed by atoms with Crippen molar-refractivity contribution in [3.63, 3.8) is 0 Å². The van der Waals surface area contributed by atoms with Gasteiger partial charge in [0.1, 0.15) is 11.5 Å². The molecule has 5 nitrogen and oxygen atoms in total. The first-order valence-corrected chi connectivity index (χ1v) is 4.84. The van der Waals surface area contributed by atoms with Crippen molar-refractivity contribution in [2.24, 2.45) is 0 Å². The summed E-state index contributed by atoms with van der Waals surface area (Å²) in [5.74, 6) is 0.418. The molecule has 0 radical (unpaired) electrons. The summed E-state index contributed by atoms with van der Waals surface area (Å²) in [4.78, 5) is 15.6. The highest BCUT2D eigenvalue weighted by atomic mass is 14.9. The van der Waals surface area contributed by atoms with Gasteiger partial charge in [0.15, 0.2) is 0 Å². The third kappa shape index (κ3) is 1.30. The van der Waals surface area contributed by atoms with Crippen LogP contribution in [0.25, 0.3) is 22.3 Å². The Hall–Kier alpha value is -2.43. The quantitative estimate of drug-likeness (QED) is 0.640. The lowest BCUT2D eigenvalue weighted by Crippen LogP contribution is -1.91. The Morgan fingerprint density at radius 3 is 2.88 bits per heavy atom. The summed E-state index contributed by atoms with van der Waals surface area (Å²) >= 11 is 0. The topological polar surface area (TPSA) is 80.5 Å². The third-order valence-electron chi connectivity index (χ3n) is 2.40. The number of nitrogen functional groups attached to an aromatic ring is 1. The van der Waals surface area contributed by atoms with Crippen molar-refractivity contribution in [3.05, 3.63) is 36.9 Å². The van der Waals surface area contributed by atoms with Gasteiger partial charge in [-0.2, -0.15) is 0 Å². The van der Waals surface area contributed by atoms with Crippen LogP contribution in [-0.2, 0) is 0 Å². The van der Waals surface area contributed by atoms with Crippen LogP contribution in [0, 0.1) is 0 Å². The van der Waals surface area contributed by atoms with Crippen LogP contribution in [0.1, 0.15) is 0 Å². The van der Waals surface area contributed by atoms with Gasteiger partial charge in [0.25, 0.3) is 0 Å². The zero-order valence-electron chi connectivity index (χ0n) is 8.38.